The molecule has 7 heteroatoms. The molecule has 6 nitrogen and oxygen atoms in total. The number of rotatable bonds is 7. The third-order valence-electron chi connectivity index (χ3n) is 4.09. The molecule has 0 bridgehead atoms. The molecule has 1 N–H and O–H groups in total. The highest BCUT2D eigenvalue weighted by Crippen LogP contribution is 2.14. The number of nitrogens with one attached hydrogen (secondary N) is 1. The molecule has 0 amide bonds. The van der Waals surface area contributed by atoms with Crippen molar-refractivity contribution in [1.29, 1.82) is 0 Å². The van der Waals surface area contributed by atoms with Crippen LogP contribution in [-0.4, -0.2) is 37.2 Å². The average Bonchev–Trinajstić information content (AvgIpc) is 3.17. The monoisotopic (exact) mass is 370 g/mol. The lowest BCUT2D eigenvalue weighted by molar-refractivity contribution is 0.319. The minimum Gasteiger partial charge on any atom is -0.298 e. The molecule has 3 aromatic rings. The summed E-state index contributed by atoms with van der Waals surface area (Å²) in [6.45, 7) is 1.51. The van der Waals surface area contributed by atoms with Gasteiger partial charge in [0, 0.05) is 25.5 Å². The predicted octanol–water partition coefficient (Wildman–Crippen LogP) is 2.41. The molecule has 0 radical (unpaired) electrons. The van der Waals surface area contributed by atoms with Crippen molar-refractivity contribution in [1.82, 2.24) is 19.4 Å². The Kier molecular flexibility index (Phi) is 5.51. The van der Waals surface area contributed by atoms with E-state index in [-0.39, 0.29) is 4.90 Å². The van der Waals surface area contributed by atoms with Gasteiger partial charge >= 0.3 is 0 Å². The van der Waals surface area contributed by atoms with Crippen molar-refractivity contribution in [3.8, 4) is 5.69 Å². The zero-order valence-electron chi connectivity index (χ0n) is 14.8. The van der Waals surface area contributed by atoms with Crippen LogP contribution in [0, 0.1) is 0 Å². The second-order valence-corrected chi connectivity index (χ2v) is 8.03. The Morgan fingerprint density at radius 1 is 1.04 bits per heavy atom. The molecule has 1 heterocycles. The molecule has 0 spiro atoms. The lowest BCUT2D eigenvalue weighted by atomic mass is 10.1. The Bertz CT molecular complexity index is 951. The van der Waals surface area contributed by atoms with Gasteiger partial charge in [-0.15, -0.1) is 0 Å². The molecule has 0 unspecified atom stereocenters. The van der Waals surface area contributed by atoms with Crippen LogP contribution in [0.4, 0.5) is 0 Å². The summed E-state index contributed by atoms with van der Waals surface area (Å²) in [5.74, 6) is 0. The topological polar surface area (TPSA) is 67.2 Å². The molecule has 1 aromatic heterocycles. The molecule has 0 aliphatic heterocycles. The molecule has 0 aliphatic rings. The van der Waals surface area contributed by atoms with Gasteiger partial charge in [0.05, 0.1) is 10.6 Å². The third-order valence-corrected chi connectivity index (χ3v) is 5.52. The molecule has 26 heavy (non-hydrogen) atoms. The molecular formula is C19H22N4O2S. The highest BCUT2D eigenvalue weighted by atomic mass is 32.2. The minimum atomic E-state index is -3.39. The molecule has 3 rings (SSSR count). The van der Waals surface area contributed by atoms with Crippen LogP contribution < -0.4 is 4.72 Å². The summed E-state index contributed by atoms with van der Waals surface area (Å²) in [7, 11) is 0.0615. The third kappa shape index (κ3) is 4.37. The van der Waals surface area contributed by atoms with Crippen molar-refractivity contribution >= 4 is 10.0 Å². The van der Waals surface area contributed by atoms with E-state index in [0.29, 0.717) is 0 Å². The molecule has 0 atom stereocenters. The highest BCUT2D eigenvalue weighted by Gasteiger charge is 2.11. The maximum absolute atomic E-state index is 11.8. The van der Waals surface area contributed by atoms with E-state index in [2.05, 4.69) is 26.9 Å². The standard InChI is InChI=1S/C19H22N4O2S/c1-20-26(24,25)19-9-7-16(8-10-19)14-22(2)15-17-5-3-6-18(13-17)23-12-4-11-21-23/h3-13,20H,14-15H2,1-2H3. The quantitative estimate of drug-likeness (QED) is 0.694. The number of benzene rings is 2. The first kappa shape index (κ1) is 18.3. The summed E-state index contributed by atoms with van der Waals surface area (Å²) < 4.78 is 27.7. The maximum atomic E-state index is 11.8. The van der Waals surface area contributed by atoms with E-state index < -0.39 is 10.0 Å². The van der Waals surface area contributed by atoms with Crippen molar-refractivity contribution in [3.05, 3.63) is 78.1 Å². The van der Waals surface area contributed by atoms with Gasteiger partial charge < -0.3 is 0 Å². The SMILES string of the molecule is CNS(=O)(=O)c1ccc(CN(C)Cc2cccc(-n3cccn3)c2)cc1. The van der Waals surface area contributed by atoms with Gasteiger partial charge in [-0.2, -0.15) is 5.10 Å². The first-order chi connectivity index (χ1) is 12.5. The van der Waals surface area contributed by atoms with Crippen LogP contribution in [0.1, 0.15) is 11.1 Å². The summed E-state index contributed by atoms with van der Waals surface area (Å²) in [6.07, 6.45) is 3.68. The average molecular weight is 370 g/mol. The number of hydrogen-bond donors (Lipinski definition) is 1. The van der Waals surface area contributed by atoms with Crippen molar-refractivity contribution in [2.45, 2.75) is 18.0 Å². The smallest absolute Gasteiger partial charge is 0.240 e. The first-order valence-electron chi connectivity index (χ1n) is 8.28. The Balaban J connectivity index is 1.66. The predicted molar refractivity (Wildman–Crippen MR) is 101 cm³/mol. The summed E-state index contributed by atoms with van der Waals surface area (Å²) >= 11 is 0. The van der Waals surface area contributed by atoms with Crippen LogP contribution >= 0.6 is 0 Å². The number of sulfonamides is 1. The number of nitrogens with zero attached hydrogens (tertiary/aromatic N) is 3. The Morgan fingerprint density at radius 2 is 1.77 bits per heavy atom. The summed E-state index contributed by atoms with van der Waals surface area (Å²) in [5.41, 5.74) is 3.28. The van der Waals surface area contributed by atoms with E-state index in [0.717, 1.165) is 24.3 Å². The van der Waals surface area contributed by atoms with E-state index >= 15 is 0 Å². The zero-order chi connectivity index (χ0) is 18.6. The summed E-state index contributed by atoms with van der Waals surface area (Å²) in [5, 5.41) is 4.26. The molecule has 136 valence electrons. The number of hydrogen-bond acceptors (Lipinski definition) is 4. The normalized spacial score (nSPS) is 11.8. The van der Waals surface area contributed by atoms with E-state index in [9.17, 15) is 8.42 Å². The second-order valence-electron chi connectivity index (χ2n) is 6.14. The highest BCUT2D eigenvalue weighted by molar-refractivity contribution is 7.89. The van der Waals surface area contributed by atoms with Crippen LogP contribution in [-0.2, 0) is 23.1 Å². The molecular weight excluding hydrogens is 348 g/mol. The van der Waals surface area contributed by atoms with Gasteiger partial charge in [0.25, 0.3) is 0 Å². The van der Waals surface area contributed by atoms with Crippen molar-refractivity contribution in [2.24, 2.45) is 0 Å². The van der Waals surface area contributed by atoms with Gasteiger partial charge in [0.2, 0.25) is 10.0 Å². The van der Waals surface area contributed by atoms with Gasteiger partial charge in [-0.05, 0) is 55.6 Å². The number of aromatic nitrogens is 2. The largest absolute Gasteiger partial charge is 0.298 e. The molecule has 0 saturated heterocycles. The Labute approximate surface area is 154 Å². The van der Waals surface area contributed by atoms with Crippen LogP contribution in [0.3, 0.4) is 0 Å². The van der Waals surface area contributed by atoms with Crippen LogP contribution in [0.25, 0.3) is 5.69 Å². The first-order valence-corrected chi connectivity index (χ1v) is 9.76. The fraction of sp³-hybridized carbons (Fsp3) is 0.211. The molecule has 0 fully saturated rings. The van der Waals surface area contributed by atoms with Gasteiger partial charge in [0.1, 0.15) is 0 Å². The van der Waals surface area contributed by atoms with Gasteiger partial charge in [-0.25, -0.2) is 17.8 Å². The van der Waals surface area contributed by atoms with Crippen LogP contribution in [0.5, 0.6) is 0 Å². The second kappa shape index (κ2) is 7.82. The Morgan fingerprint density at radius 3 is 2.42 bits per heavy atom. The van der Waals surface area contributed by atoms with E-state index in [1.165, 1.54) is 12.6 Å². The Hall–Kier alpha value is -2.48. The van der Waals surface area contributed by atoms with Crippen molar-refractivity contribution in [2.75, 3.05) is 14.1 Å². The van der Waals surface area contributed by atoms with Gasteiger partial charge in [-0.1, -0.05) is 24.3 Å². The van der Waals surface area contributed by atoms with Crippen molar-refractivity contribution < 1.29 is 8.42 Å². The van der Waals surface area contributed by atoms with Crippen LogP contribution in [0.2, 0.25) is 0 Å². The molecule has 0 aliphatic carbocycles. The zero-order valence-corrected chi connectivity index (χ0v) is 15.6. The van der Waals surface area contributed by atoms with Gasteiger partial charge in [-0.3, -0.25) is 4.90 Å². The van der Waals surface area contributed by atoms with Crippen molar-refractivity contribution in [3.63, 3.8) is 0 Å². The van der Waals surface area contributed by atoms with Gasteiger partial charge in [0.15, 0.2) is 0 Å². The van der Waals surface area contributed by atoms with Crippen LogP contribution in [0.15, 0.2) is 71.9 Å². The lowest BCUT2D eigenvalue weighted by Crippen LogP contribution is -2.19. The molecule has 0 saturated carbocycles. The van der Waals surface area contributed by atoms with E-state index in [1.807, 2.05) is 48.3 Å². The summed E-state index contributed by atoms with van der Waals surface area (Å²) in [6, 6.07) is 17.1. The fourth-order valence-corrected chi connectivity index (χ4v) is 3.52. The maximum Gasteiger partial charge on any atom is 0.240 e. The van der Waals surface area contributed by atoms with E-state index in [4.69, 9.17) is 0 Å². The molecule has 2 aromatic carbocycles. The lowest BCUT2D eigenvalue weighted by Gasteiger charge is -2.17. The minimum absolute atomic E-state index is 0.276. The fourth-order valence-electron chi connectivity index (χ4n) is 2.79. The van der Waals surface area contributed by atoms with E-state index in [1.54, 1.807) is 18.3 Å². The summed E-state index contributed by atoms with van der Waals surface area (Å²) in [4.78, 5) is 2.46.